The van der Waals surface area contributed by atoms with Crippen LogP contribution < -0.4 is 0 Å². The number of carbonyl (C=O) groups excluding carboxylic acids is 1. The van der Waals surface area contributed by atoms with E-state index in [2.05, 4.69) is 20.1 Å². The number of rotatable bonds is 3. The molecule has 0 saturated carbocycles. The van der Waals surface area contributed by atoms with Crippen LogP contribution in [0.25, 0.3) is 10.9 Å². The number of hydrogen-bond acceptors (Lipinski definition) is 5. The summed E-state index contributed by atoms with van der Waals surface area (Å²) >= 11 is 0. The summed E-state index contributed by atoms with van der Waals surface area (Å²) in [6, 6.07) is 7.64. The summed E-state index contributed by atoms with van der Waals surface area (Å²) in [6.45, 7) is 3.96. The van der Waals surface area contributed by atoms with E-state index >= 15 is 0 Å². The normalized spacial score (nSPS) is 19.8. The van der Waals surface area contributed by atoms with E-state index in [4.69, 9.17) is 4.74 Å². The van der Waals surface area contributed by atoms with Gasteiger partial charge in [0.1, 0.15) is 18.3 Å². The Bertz CT molecular complexity index is 939. The molecule has 2 atom stereocenters. The molecule has 0 bridgehead atoms. The molecule has 2 aromatic heterocycles. The van der Waals surface area contributed by atoms with Gasteiger partial charge in [-0.25, -0.2) is 9.67 Å². The number of aliphatic imine (C=N–C) groups is 1. The molecule has 1 N–H and O–H groups in total. The van der Waals surface area contributed by atoms with Crippen molar-refractivity contribution in [2.24, 2.45) is 10.9 Å². The molecule has 2 unspecified atom stereocenters. The van der Waals surface area contributed by atoms with Crippen LogP contribution in [-0.4, -0.2) is 38.0 Å². The van der Waals surface area contributed by atoms with Gasteiger partial charge in [-0.2, -0.15) is 10.1 Å². The highest BCUT2D eigenvalue weighted by molar-refractivity contribution is 6.04. The largest absolute Gasteiger partial charge is 0.465 e. The first kappa shape index (κ1) is 14.6. The van der Waals surface area contributed by atoms with Crippen LogP contribution in [0.5, 0.6) is 0 Å². The van der Waals surface area contributed by atoms with Gasteiger partial charge < -0.3 is 9.72 Å². The maximum Gasteiger partial charge on any atom is 0.317 e. The average Bonchev–Trinajstić information content (AvgIpc) is 3.20. The second-order valence-electron chi connectivity index (χ2n) is 5.72. The predicted molar refractivity (Wildman–Crippen MR) is 89.4 cm³/mol. The van der Waals surface area contributed by atoms with Gasteiger partial charge in [0.25, 0.3) is 0 Å². The highest BCUT2D eigenvalue weighted by Gasteiger charge is 2.40. The van der Waals surface area contributed by atoms with E-state index in [9.17, 15) is 4.79 Å². The molecule has 0 saturated heterocycles. The molecule has 0 spiro atoms. The standard InChI is InChI=1S/C17H17N5O2/c1-3-24-16(23)14-10(2)21-17-19-9-20-22(17)15(14)12-8-18-13-7-5-4-6-11(12)13/h4-9,14-15,18H,3H2,1-2H3. The molecular formula is C17H17N5O2. The van der Waals surface area contributed by atoms with Crippen molar-refractivity contribution in [2.75, 3.05) is 6.61 Å². The second-order valence-corrected chi connectivity index (χ2v) is 5.72. The van der Waals surface area contributed by atoms with Crippen LogP contribution in [0.15, 0.2) is 41.8 Å². The van der Waals surface area contributed by atoms with Crippen molar-refractivity contribution in [3.05, 3.63) is 42.4 Å². The Morgan fingerprint density at radius 1 is 1.38 bits per heavy atom. The fourth-order valence-corrected chi connectivity index (χ4v) is 3.30. The zero-order valence-electron chi connectivity index (χ0n) is 13.4. The van der Waals surface area contributed by atoms with Crippen LogP contribution in [0.1, 0.15) is 25.5 Å². The summed E-state index contributed by atoms with van der Waals surface area (Å²) in [6.07, 6.45) is 3.38. The van der Waals surface area contributed by atoms with Gasteiger partial charge in [-0.1, -0.05) is 18.2 Å². The Morgan fingerprint density at radius 2 is 2.21 bits per heavy atom. The van der Waals surface area contributed by atoms with Gasteiger partial charge in [0.15, 0.2) is 0 Å². The first-order valence-corrected chi connectivity index (χ1v) is 7.88. The van der Waals surface area contributed by atoms with E-state index in [-0.39, 0.29) is 12.0 Å². The number of esters is 1. The fourth-order valence-electron chi connectivity index (χ4n) is 3.30. The van der Waals surface area contributed by atoms with Gasteiger partial charge in [0, 0.05) is 28.4 Å². The minimum atomic E-state index is -0.529. The number of H-pyrrole nitrogens is 1. The number of carbonyl (C=O) groups is 1. The Kier molecular flexibility index (Phi) is 3.41. The van der Waals surface area contributed by atoms with E-state index in [1.165, 1.54) is 6.33 Å². The molecule has 1 aliphatic heterocycles. The highest BCUT2D eigenvalue weighted by atomic mass is 16.5. The van der Waals surface area contributed by atoms with E-state index in [1.807, 2.05) is 37.4 Å². The molecule has 0 radical (unpaired) electrons. The minimum absolute atomic E-state index is 0.296. The third kappa shape index (κ3) is 2.12. The number of para-hydroxylation sites is 1. The lowest BCUT2D eigenvalue weighted by Gasteiger charge is -2.29. The summed E-state index contributed by atoms with van der Waals surface area (Å²) in [5.74, 6) is -0.322. The summed E-state index contributed by atoms with van der Waals surface area (Å²) in [5.41, 5.74) is 2.67. The molecule has 1 aromatic carbocycles. The number of fused-ring (bicyclic) bond motifs is 2. The SMILES string of the molecule is CCOC(=O)C1C(C)=Nc2ncnn2C1c1c[nH]c2ccccc12. The van der Waals surface area contributed by atoms with Crippen molar-refractivity contribution >= 4 is 28.5 Å². The molecule has 4 rings (SSSR count). The van der Waals surface area contributed by atoms with Gasteiger partial charge in [-0.3, -0.25) is 4.79 Å². The van der Waals surface area contributed by atoms with Crippen molar-refractivity contribution < 1.29 is 9.53 Å². The smallest absolute Gasteiger partial charge is 0.317 e. The van der Waals surface area contributed by atoms with Crippen molar-refractivity contribution in [1.82, 2.24) is 19.7 Å². The Hall–Kier alpha value is -2.96. The first-order chi connectivity index (χ1) is 11.7. The summed E-state index contributed by atoms with van der Waals surface area (Å²) in [7, 11) is 0. The van der Waals surface area contributed by atoms with Crippen LogP contribution in [0.3, 0.4) is 0 Å². The molecule has 122 valence electrons. The van der Waals surface area contributed by atoms with Crippen LogP contribution >= 0.6 is 0 Å². The number of benzene rings is 1. The molecule has 0 amide bonds. The molecule has 0 aliphatic carbocycles. The quantitative estimate of drug-likeness (QED) is 0.751. The zero-order chi connectivity index (χ0) is 16.7. The highest BCUT2D eigenvalue weighted by Crippen LogP contribution is 2.38. The van der Waals surface area contributed by atoms with Crippen LogP contribution in [0, 0.1) is 5.92 Å². The maximum absolute atomic E-state index is 12.6. The summed E-state index contributed by atoms with van der Waals surface area (Å²) in [5, 5.41) is 5.35. The maximum atomic E-state index is 12.6. The molecule has 7 nitrogen and oxygen atoms in total. The van der Waals surface area contributed by atoms with Gasteiger partial charge in [0.05, 0.1) is 6.61 Å². The van der Waals surface area contributed by atoms with Crippen molar-refractivity contribution in [3.63, 3.8) is 0 Å². The van der Waals surface area contributed by atoms with Crippen molar-refractivity contribution in [2.45, 2.75) is 19.9 Å². The number of nitrogens with one attached hydrogen (secondary N) is 1. The first-order valence-electron chi connectivity index (χ1n) is 7.88. The molecule has 7 heteroatoms. The zero-order valence-corrected chi connectivity index (χ0v) is 13.4. The third-order valence-corrected chi connectivity index (χ3v) is 4.34. The van der Waals surface area contributed by atoms with Crippen LogP contribution in [0.2, 0.25) is 0 Å². The lowest BCUT2D eigenvalue weighted by molar-refractivity contribution is -0.146. The van der Waals surface area contributed by atoms with Crippen LogP contribution in [-0.2, 0) is 9.53 Å². The minimum Gasteiger partial charge on any atom is -0.465 e. The number of aromatic amines is 1. The van der Waals surface area contributed by atoms with E-state index < -0.39 is 5.92 Å². The molecule has 3 aromatic rings. The van der Waals surface area contributed by atoms with Gasteiger partial charge in [0.2, 0.25) is 5.95 Å². The number of hydrogen-bond donors (Lipinski definition) is 1. The lowest BCUT2D eigenvalue weighted by atomic mass is 9.88. The lowest BCUT2D eigenvalue weighted by Crippen LogP contribution is -2.37. The Balaban J connectivity index is 1.92. The van der Waals surface area contributed by atoms with Gasteiger partial charge in [-0.15, -0.1) is 0 Å². The van der Waals surface area contributed by atoms with Gasteiger partial charge >= 0.3 is 5.97 Å². The predicted octanol–water partition coefficient (Wildman–Crippen LogP) is 2.63. The van der Waals surface area contributed by atoms with Crippen molar-refractivity contribution in [3.8, 4) is 0 Å². The van der Waals surface area contributed by atoms with E-state index in [1.54, 1.807) is 11.6 Å². The molecule has 24 heavy (non-hydrogen) atoms. The average molecular weight is 323 g/mol. The molecular weight excluding hydrogens is 306 g/mol. The van der Waals surface area contributed by atoms with Crippen LogP contribution in [0.4, 0.5) is 5.95 Å². The monoisotopic (exact) mass is 323 g/mol. The Morgan fingerprint density at radius 3 is 3.04 bits per heavy atom. The van der Waals surface area contributed by atoms with Crippen molar-refractivity contribution in [1.29, 1.82) is 0 Å². The Labute approximate surface area is 138 Å². The molecule has 3 heterocycles. The summed E-state index contributed by atoms with van der Waals surface area (Å²) in [4.78, 5) is 24.5. The summed E-state index contributed by atoms with van der Waals surface area (Å²) < 4.78 is 6.99. The topological polar surface area (TPSA) is 85.2 Å². The molecule has 1 aliphatic rings. The van der Waals surface area contributed by atoms with E-state index in [0.717, 1.165) is 16.5 Å². The molecule has 0 fully saturated rings. The van der Waals surface area contributed by atoms with E-state index in [0.29, 0.717) is 18.3 Å². The number of aromatic nitrogens is 4. The fraction of sp³-hybridized carbons (Fsp3) is 0.294. The second kappa shape index (κ2) is 5.59. The van der Waals surface area contributed by atoms with Gasteiger partial charge in [-0.05, 0) is 19.9 Å². The number of ether oxygens (including phenoxy) is 1. The third-order valence-electron chi connectivity index (χ3n) is 4.34. The number of nitrogens with zero attached hydrogens (tertiary/aromatic N) is 4.